The zero-order valence-corrected chi connectivity index (χ0v) is 13.4. The zero-order valence-electron chi connectivity index (χ0n) is 12.6. The molecule has 0 saturated carbocycles. The van der Waals surface area contributed by atoms with Crippen LogP contribution in [0.25, 0.3) is 21.3 Å². The molecule has 0 bridgehead atoms. The molecule has 0 radical (unpaired) electrons. The fraction of sp³-hybridized carbons (Fsp3) is 0.0556. The van der Waals surface area contributed by atoms with Crippen molar-refractivity contribution in [2.45, 2.75) is 6.54 Å². The molecule has 0 aliphatic heterocycles. The standard InChI is InChI=1S/C18H13N3O2S/c22-18(23)17-6-5-16(24-17)14-8-10-21(20-14)11-15-13-4-2-1-3-12(13)7-9-19-15/h1-10H,11H2,(H,22,23). The lowest BCUT2D eigenvalue weighted by atomic mass is 10.1. The van der Waals surface area contributed by atoms with Gasteiger partial charge in [-0.2, -0.15) is 5.10 Å². The van der Waals surface area contributed by atoms with Crippen LogP contribution in [0.3, 0.4) is 0 Å². The summed E-state index contributed by atoms with van der Waals surface area (Å²) in [6, 6.07) is 15.4. The first-order valence-electron chi connectivity index (χ1n) is 7.40. The summed E-state index contributed by atoms with van der Waals surface area (Å²) in [5, 5.41) is 15.8. The van der Waals surface area contributed by atoms with Gasteiger partial charge in [0.15, 0.2) is 0 Å². The Hall–Kier alpha value is -2.99. The molecule has 0 atom stereocenters. The Bertz CT molecular complexity index is 1030. The summed E-state index contributed by atoms with van der Waals surface area (Å²) in [6.45, 7) is 0.568. The lowest BCUT2D eigenvalue weighted by Crippen LogP contribution is -2.03. The maximum atomic E-state index is 11.0. The Morgan fingerprint density at radius 2 is 2.00 bits per heavy atom. The number of fused-ring (bicyclic) bond motifs is 1. The molecule has 1 aromatic carbocycles. The second-order valence-electron chi connectivity index (χ2n) is 5.35. The van der Waals surface area contributed by atoms with Gasteiger partial charge in [-0.15, -0.1) is 11.3 Å². The number of hydrogen-bond donors (Lipinski definition) is 1. The first-order valence-corrected chi connectivity index (χ1v) is 8.22. The van der Waals surface area contributed by atoms with E-state index in [9.17, 15) is 4.79 Å². The van der Waals surface area contributed by atoms with Crippen LogP contribution in [0.15, 0.2) is 60.9 Å². The molecule has 1 N–H and O–H groups in total. The van der Waals surface area contributed by atoms with Crippen molar-refractivity contribution >= 4 is 28.1 Å². The van der Waals surface area contributed by atoms with E-state index in [0.717, 1.165) is 27.0 Å². The van der Waals surface area contributed by atoms with Gasteiger partial charge in [-0.05, 0) is 29.7 Å². The van der Waals surface area contributed by atoms with Gasteiger partial charge in [0.05, 0.1) is 17.1 Å². The summed E-state index contributed by atoms with van der Waals surface area (Å²) in [5.41, 5.74) is 1.73. The number of hydrogen-bond acceptors (Lipinski definition) is 4. The van der Waals surface area contributed by atoms with Crippen LogP contribution in [0.2, 0.25) is 0 Å². The van der Waals surface area contributed by atoms with E-state index in [1.54, 1.807) is 18.3 Å². The van der Waals surface area contributed by atoms with Gasteiger partial charge in [0.2, 0.25) is 0 Å². The highest BCUT2D eigenvalue weighted by atomic mass is 32.1. The van der Waals surface area contributed by atoms with Crippen LogP contribution in [-0.4, -0.2) is 25.8 Å². The zero-order chi connectivity index (χ0) is 16.5. The van der Waals surface area contributed by atoms with Gasteiger partial charge in [0.1, 0.15) is 10.6 Å². The molecule has 3 heterocycles. The van der Waals surface area contributed by atoms with Crippen molar-refractivity contribution in [3.05, 3.63) is 71.5 Å². The van der Waals surface area contributed by atoms with Crippen molar-refractivity contribution in [3.63, 3.8) is 0 Å². The van der Waals surface area contributed by atoms with Gasteiger partial charge < -0.3 is 5.11 Å². The molecule has 0 saturated heterocycles. The van der Waals surface area contributed by atoms with E-state index in [0.29, 0.717) is 11.4 Å². The fourth-order valence-electron chi connectivity index (χ4n) is 2.63. The Labute approximate surface area is 141 Å². The van der Waals surface area contributed by atoms with Crippen LogP contribution < -0.4 is 0 Å². The van der Waals surface area contributed by atoms with Crippen LogP contribution >= 0.6 is 11.3 Å². The van der Waals surface area contributed by atoms with E-state index < -0.39 is 5.97 Å². The molecule has 0 aliphatic carbocycles. The van der Waals surface area contributed by atoms with Gasteiger partial charge in [-0.25, -0.2) is 4.79 Å². The van der Waals surface area contributed by atoms with Crippen LogP contribution in [0.1, 0.15) is 15.4 Å². The second-order valence-corrected chi connectivity index (χ2v) is 6.43. The summed E-state index contributed by atoms with van der Waals surface area (Å²) in [5.74, 6) is -0.911. The van der Waals surface area contributed by atoms with E-state index >= 15 is 0 Å². The Morgan fingerprint density at radius 1 is 1.12 bits per heavy atom. The summed E-state index contributed by atoms with van der Waals surface area (Å²) >= 11 is 1.23. The Balaban J connectivity index is 1.64. The topological polar surface area (TPSA) is 68.0 Å². The minimum atomic E-state index is -0.911. The number of carboxylic acid groups (broad SMARTS) is 1. The largest absolute Gasteiger partial charge is 0.477 e. The molecule has 0 fully saturated rings. The van der Waals surface area contributed by atoms with Crippen molar-refractivity contribution in [2.75, 3.05) is 0 Å². The van der Waals surface area contributed by atoms with Gasteiger partial charge >= 0.3 is 5.97 Å². The Morgan fingerprint density at radius 3 is 2.83 bits per heavy atom. The van der Waals surface area contributed by atoms with Gasteiger partial charge in [-0.3, -0.25) is 9.67 Å². The van der Waals surface area contributed by atoms with Crippen LogP contribution in [0.5, 0.6) is 0 Å². The number of aromatic nitrogens is 3. The number of aromatic carboxylic acids is 1. The minimum absolute atomic E-state index is 0.315. The highest BCUT2D eigenvalue weighted by molar-refractivity contribution is 7.17. The molecular formula is C18H13N3O2S. The van der Waals surface area contributed by atoms with Crippen molar-refractivity contribution in [1.82, 2.24) is 14.8 Å². The molecule has 0 aliphatic rings. The average Bonchev–Trinajstić information content (AvgIpc) is 3.24. The third kappa shape index (κ3) is 2.68. The number of carbonyl (C=O) groups is 1. The molecule has 5 nitrogen and oxygen atoms in total. The number of thiophene rings is 1. The van der Waals surface area contributed by atoms with E-state index in [1.807, 2.05) is 35.1 Å². The molecule has 3 aromatic heterocycles. The molecule has 0 amide bonds. The number of nitrogens with zero attached hydrogens (tertiary/aromatic N) is 3. The smallest absolute Gasteiger partial charge is 0.345 e. The van der Waals surface area contributed by atoms with Crippen molar-refractivity contribution in [1.29, 1.82) is 0 Å². The molecule has 118 valence electrons. The lowest BCUT2D eigenvalue weighted by molar-refractivity contribution is 0.0702. The van der Waals surface area contributed by atoms with E-state index in [-0.39, 0.29) is 0 Å². The summed E-state index contributed by atoms with van der Waals surface area (Å²) in [7, 11) is 0. The normalized spacial score (nSPS) is 11.0. The van der Waals surface area contributed by atoms with Crippen molar-refractivity contribution in [2.24, 2.45) is 0 Å². The summed E-state index contributed by atoms with van der Waals surface area (Å²) in [6.07, 6.45) is 3.69. The quantitative estimate of drug-likeness (QED) is 0.614. The predicted octanol–water partition coefficient (Wildman–Crippen LogP) is 3.91. The molecule has 4 rings (SSSR count). The van der Waals surface area contributed by atoms with Gasteiger partial charge in [-0.1, -0.05) is 24.3 Å². The lowest BCUT2D eigenvalue weighted by Gasteiger charge is -2.05. The van der Waals surface area contributed by atoms with Crippen LogP contribution in [0.4, 0.5) is 0 Å². The Kier molecular flexibility index (Phi) is 3.59. The molecule has 4 aromatic rings. The van der Waals surface area contributed by atoms with E-state index in [2.05, 4.69) is 22.2 Å². The average molecular weight is 335 g/mol. The first kappa shape index (κ1) is 14.6. The third-order valence-electron chi connectivity index (χ3n) is 3.78. The number of benzene rings is 1. The maximum Gasteiger partial charge on any atom is 0.345 e. The number of carboxylic acids is 1. The van der Waals surface area contributed by atoms with Gasteiger partial charge in [0.25, 0.3) is 0 Å². The van der Waals surface area contributed by atoms with E-state index in [4.69, 9.17) is 5.11 Å². The minimum Gasteiger partial charge on any atom is -0.477 e. The maximum absolute atomic E-state index is 11.0. The number of rotatable bonds is 4. The summed E-state index contributed by atoms with van der Waals surface area (Å²) < 4.78 is 1.82. The third-order valence-corrected chi connectivity index (χ3v) is 4.87. The SMILES string of the molecule is O=C(O)c1ccc(-c2ccn(Cc3nccc4ccccc34)n2)s1. The van der Waals surface area contributed by atoms with Gasteiger partial charge in [0, 0.05) is 17.8 Å². The molecule has 0 unspecified atom stereocenters. The van der Waals surface area contributed by atoms with E-state index in [1.165, 1.54) is 11.3 Å². The highest BCUT2D eigenvalue weighted by Crippen LogP contribution is 2.27. The fourth-order valence-corrected chi connectivity index (χ4v) is 3.44. The molecule has 0 spiro atoms. The van der Waals surface area contributed by atoms with Crippen LogP contribution in [-0.2, 0) is 6.54 Å². The molecule has 24 heavy (non-hydrogen) atoms. The van der Waals surface area contributed by atoms with Crippen molar-refractivity contribution in [3.8, 4) is 10.6 Å². The molecular weight excluding hydrogens is 322 g/mol. The second kappa shape index (κ2) is 5.90. The van der Waals surface area contributed by atoms with Crippen LogP contribution in [0, 0.1) is 0 Å². The highest BCUT2D eigenvalue weighted by Gasteiger charge is 2.11. The summed E-state index contributed by atoms with van der Waals surface area (Å²) in [4.78, 5) is 16.6. The monoisotopic (exact) mass is 335 g/mol. The van der Waals surface area contributed by atoms with Crippen molar-refractivity contribution < 1.29 is 9.90 Å². The first-order chi connectivity index (χ1) is 11.7. The number of pyridine rings is 1. The predicted molar refractivity (Wildman–Crippen MR) is 93.3 cm³/mol. The molecule has 6 heteroatoms.